The number of nitrogens with zero attached hydrogens (tertiary/aromatic N) is 5. The molecule has 1 aliphatic carbocycles. The number of anilines is 2. The van der Waals surface area contributed by atoms with Crippen LogP contribution < -0.4 is 16.2 Å². The number of benzene rings is 1. The first-order valence-corrected chi connectivity index (χ1v) is 12.3. The third-order valence-corrected chi connectivity index (χ3v) is 7.13. The smallest absolute Gasteiger partial charge is 0.278 e. The summed E-state index contributed by atoms with van der Waals surface area (Å²) in [4.78, 5) is 26.9. The van der Waals surface area contributed by atoms with Gasteiger partial charge in [-0.3, -0.25) is 4.79 Å². The Morgan fingerprint density at radius 2 is 2.00 bits per heavy atom. The molecule has 186 valence electrons. The third kappa shape index (κ3) is 3.68. The van der Waals surface area contributed by atoms with Crippen LogP contribution in [0.4, 0.5) is 16.0 Å². The molecule has 36 heavy (non-hydrogen) atoms. The van der Waals surface area contributed by atoms with Crippen LogP contribution in [0.15, 0.2) is 41.3 Å². The topological polar surface area (TPSA) is 110 Å². The first kappa shape index (κ1) is 22.8. The van der Waals surface area contributed by atoms with Crippen LogP contribution in [0, 0.1) is 5.82 Å². The monoisotopic (exact) mass is 489 g/mol. The minimum absolute atomic E-state index is 0.00630. The van der Waals surface area contributed by atoms with Crippen molar-refractivity contribution in [2.75, 3.05) is 11.9 Å². The van der Waals surface area contributed by atoms with E-state index in [0.717, 1.165) is 31.6 Å². The molecule has 9 nitrogen and oxygen atoms in total. The molecule has 1 aromatic carbocycles. The maximum absolute atomic E-state index is 14.7. The number of halogens is 1. The summed E-state index contributed by atoms with van der Waals surface area (Å²) in [6.07, 6.45) is 4.18. The van der Waals surface area contributed by atoms with Crippen LogP contribution in [0.1, 0.15) is 56.0 Å². The van der Waals surface area contributed by atoms with Gasteiger partial charge in [-0.2, -0.15) is 4.98 Å². The van der Waals surface area contributed by atoms with Gasteiger partial charge in [0, 0.05) is 24.5 Å². The van der Waals surface area contributed by atoms with Gasteiger partial charge < -0.3 is 15.7 Å². The van der Waals surface area contributed by atoms with Gasteiger partial charge in [0.05, 0.1) is 0 Å². The van der Waals surface area contributed by atoms with Crippen molar-refractivity contribution in [2.24, 2.45) is 0 Å². The van der Waals surface area contributed by atoms with Crippen molar-refractivity contribution in [3.8, 4) is 5.82 Å². The summed E-state index contributed by atoms with van der Waals surface area (Å²) in [6, 6.07) is 8.74. The highest BCUT2D eigenvalue weighted by Gasteiger charge is 2.40. The maximum atomic E-state index is 14.7. The molecule has 0 radical (unpaired) electrons. The van der Waals surface area contributed by atoms with E-state index in [1.165, 1.54) is 34.1 Å². The van der Waals surface area contributed by atoms with E-state index in [2.05, 4.69) is 37.7 Å². The minimum Gasteiger partial charge on any atom is -0.383 e. The molecule has 0 bridgehead atoms. The van der Waals surface area contributed by atoms with Crippen LogP contribution in [-0.2, 0) is 18.6 Å². The Kier molecular flexibility index (Phi) is 5.38. The fourth-order valence-corrected chi connectivity index (χ4v) is 5.05. The summed E-state index contributed by atoms with van der Waals surface area (Å²) >= 11 is 0. The fraction of sp³-hybridized carbons (Fsp3) is 0.385. The largest absolute Gasteiger partial charge is 0.383 e. The molecule has 0 amide bonds. The minimum atomic E-state index is -1.28. The highest BCUT2D eigenvalue weighted by molar-refractivity contribution is 5.77. The van der Waals surface area contributed by atoms with Gasteiger partial charge in [0.25, 0.3) is 5.56 Å². The van der Waals surface area contributed by atoms with Gasteiger partial charge in [0.15, 0.2) is 11.5 Å². The average molecular weight is 490 g/mol. The van der Waals surface area contributed by atoms with Crippen molar-refractivity contribution < 1.29 is 9.50 Å². The lowest BCUT2D eigenvalue weighted by atomic mass is 9.77. The lowest BCUT2D eigenvalue weighted by Crippen LogP contribution is -2.36. The number of nitrogens with one attached hydrogen (secondary N) is 2. The number of hydrogen-bond donors (Lipinski definition) is 3. The number of aliphatic hydroxyl groups is 1. The first-order chi connectivity index (χ1) is 17.3. The Balaban J connectivity index is 1.47. The molecule has 0 atom stereocenters. The Bertz CT molecular complexity index is 1540. The van der Waals surface area contributed by atoms with E-state index < -0.39 is 11.4 Å². The van der Waals surface area contributed by atoms with Crippen LogP contribution in [0.5, 0.6) is 0 Å². The predicted octanol–water partition coefficient (Wildman–Crippen LogP) is 3.46. The van der Waals surface area contributed by atoms with E-state index in [-0.39, 0.29) is 17.3 Å². The van der Waals surface area contributed by atoms with Crippen LogP contribution in [0.3, 0.4) is 0 Å². The Morgan fingerprint density at radius 3 is 2.75 bits per heavy atom. The van der Waals surface area contributed by atoms with Crippen molar-refractivity contribution in [2.45, 2.75) is 57.7 Å². The molecular weight excluding hydrogens is 461 g/mol. The van der Waals surface area contributed by atoms with Crippen molar-refractivity contribution in [3.05, 3.63) is 69.5 Å². The number of fused-ring (bicyclic) bond motifs is 2. The van der Waals surface area contributed by atoms with Crippen LogP contribution >= 0.6 is 0 Å². The van der Waals surface area contributed by atoms with Crippen LogP contribution in [0.2, 0.25) is 0 Å². The summed E-state index contributed by atoms with van der Waals surface area (Å²) in [5.74, 6) is 0.0971. The Hall–Kier alpha value is -3.63. The van der Waals surface area contributed by atoms with E-state index >= 15 is 0 Å². The highest BCUT2D eigenvalue weighted by Crippen LogP contribution is 2.41. The molecule has 1 aliphatic heterocycles. The fourth-order valence-electron chi connectivity index (χ4n) is 5.05. The molecule has 4 heterocycles. The maximum Gasteiger partial charge on any atom is 0.278 e. The van der Waals surface area contributed by atoms with Crippen LogP contribution in [-0.4, -0.2) is 36.0 Å². The Morgan fingerprint density at radius 1 is 1.17 bits per heavy atom. The highest BCUT2D eigenvalue weighted by atomic mass is 19.1. The predicted molar refractivity (Wildman–Crippen MR) is 134 cm³/mol. The van der Waals surface area contributed by atoms with Crippen molar-refractivity contribution in [3.63, 3.8) is 0 Å². The summed E-state index contributed by atoms with van der Waals surface area (Å²) in [5, 5.41) is 17.8. The van der Waals surface area contributed by atoms with Crippen molar-refractivity contribution >= 4 is 22.7 Å². The molecule has 3 N–H and O–H groups in total. The zero-order valence-electron chi connectivity index (χ0n) is 20.3. The molecule has 0 spiro atoms. The van der Waals surface area contributed by atoms with E-state index in [0.29, 0.717) is 35.6 Å². The van der Waals surface area contributed by atoms with E-state index in [1.807, 2.05) is 19.9 Å². The van der Waals surface area contributed by atoms with Gasteiger partial charge in [0.2, 0.25) is 5.95 Å². The second-order valence-electron chi connectivity index (χ2n) is 9.91. The van der Waals surface area contributed by atoms with Gasteiger partial charge in [-0.15, -0.1) is 0 Å². The molecule has 6 rings (SSSR count). The number of pyridine rings is 1. The molecule has 3 aromatic heterocycles. The number of hydrogen-bond acceptors (Lipinski definition) is 7. The van der Waals surface area contributed by atoms with Gasteiger partial charge in [-0.05, 0) is 81.5 Å². The number of aromatic nitrogens is 5. The number of rotatable bonds is 5. The molecule has 1 saturated carbocycles. The van der Waals surface area contributed by atoms with Gasteiger partial charge >= 0.3 is 0 Å². The molecular formula is C26H28FN7O2. The zero-order chi connectivity index (χ0) is 25.0. The zero-order valence-corrected chi connectivity index (χ0v) is 20.3. The first-order valence-electron chi connectivity index (χ1n) is 12.3. The second-order valence-corrected chi connectivity index (χ2v) is 9.91. The summed E-state index contributed by atoms with van der Waals surface area (Å²) < 4.78 is 17.8. The normalized spacial score (nSPS) is 16.7. The van der Waals surface area contributed by atoms with Crippen molar-refractivity contribution in [1.82, 2.24) is 29.6 Å². The third-order valence-electron chi connectivity index (χ3n) is 7.13. The molecule has 2 aliphatic rings. The molecule has 1 fully saturated rings. The van der Waals surface area contributed by atoms with E-state index in [9.17, 15) is 14.3 Å². The quantitative estimate of drug-likeness (QED) is 0.394. The molecule has 10 heteroatoms. The average Bonchev–Trinajstić information content (AvgIpc) is 3.14. The summed E-state index contributed by atoms with van der Waals surface area (Å²) in [7, 11) is 0. The molecule has 0 unspecified atom stereocenters. The molecule has 0 saturated heterocycles. The van der Waals surface area contributed by atoms with Gasteiger partial charge in [-0.25, -0.2) is 23.7 Å². The standard InChI is InChI=1S/C26H28FN7O2/c1-15(2)33-24(35)19-14-29-25(30-18-5-4-17-13-28-11-8-16(17)12-18)32-23(19)34(33)21-7-6-20(27)22(31-21)26(36)9-3-10-26/h4-7,12,14-15,28,36H,3,8-11,13H2,1-2H3,(H,29,30,32). The summed E-state index contributed by atoms with van der Waals surface area (Å²) in [6.45, 7) is 5.56. The van der Waals surface area contributed by atoms with Crippen LogP contribution in [0.25, 0.3) is 16.9 Å². The second kappa shape index (κ2) is 8.49. The van der Waals surface area contributed by atoms with E-state index in [4.69, 9.17) is 0 Å². The lowest BCUT2D eigenvalue weighted by Gasteiger charge is -2.36. The van der Waals surface area contributed by atoms with Gasteiger partial charge in [-0.1, -0.05) is 6.07 Å². The lowest BCUT2D eigenvalue weighted by molar-refractivity contribution is -0.0457. The van der Waals surface area contributed by atoms with Crippen molar-refractivity contribution in [1.29, 1.82) is 0 Å². The van der Waals surface area contributed by atoms with Gasteiger partial charge in [0.1, 0.15) is 22.5 Å². The summed E-state index contributed by atoms with van der Waals surface area (Å²) in [5.41, 5.74) is 2.24. The Labute approximate surface area is 207 Å². The SMILES string of the molecule is CC(C)n1c(=O)c2cnc(Nc3ccc4c(c3)CCNC4)nc2n1-c1ccc(F)c(C2(O)CCC2)n1. The molecule has 4 aromatic rings. The van der Waals surface area contributed by atoms with E-state index in [1.54, 1.807) is 4.68 Å².